The molecule has 7 nitrogen and oxygen atoms in total. The van der Waals surface area contributed by atoms with Gasteiger partial charge in [-0.15, -0.1) is 0 Å². The molecule has 2 heterocycles. The Morgan fingerprint density at radius 2 is 1.96 bits per heavy atom. The fraction of sp³-hybridized carbons (Fsp3) is 0.500. The first-order valence-electron chi connectivity index (χ1n) is 8.71. The van der Waals surface area contributed by atoms with Crippen molar-refractivity contribution in [1.82, 2.24) is 19.4 Å². The predicted octanol–water partition coefficient (Wildman–Crippen LogP) is 0.312. The summed E-state index contributed by atoms with van der Waals surface area (Å²) in [5, 5.41) is 10.3. The second-order valence-electron chi connectivity index (χ2n) is 6.44. The average molecular weight is 344 g/mol. The van der Waals surface area contributed by atoms with Crippen molar-refractivity contribution in [1.29, 1.82) is 0 Å². The molecule has 1 aliphatic heterocycles. The van der Waals surface area contributed by atoms with Gasteiger partial charge >= 0.3 is 0 Å². The summed E-state index contributed by atoms with van der Waals surface area (Å²) in [6.45, 7) is 5.33. The van der Waals surface area contributed by atoms with Crippen LogP contribution in [0.3, 0.4) is 0 Å². The number of rotatable bonds is 5. The summed E-state index contributed by atoms with van der Waals surface area (Å²) >= 11 is 0. The van der Waals surface area contributed by atoms with Crippen LogP contribution in [0.1, 0.15) is 13.3 Å². The molecule has 0 saturated carbocycles. The molecule has 134 valence electrons. The third kappa shape index (κ3) is 4.05. The Hall–Kier alpha value is -2.25. The van der Waals surface area contributed by atoms with E-state index in [1.165, 1.54) is 10.9 Å². The smallest absolute Gasteiger partial charge is 0.261 e. The molecule has 1 aromatic heterocycles. The first-order chi connectivity index (χ1) is 12.1. The van der Waals surface area contributed by atoms with E-state index < -0.39 is 0 Å². The van der Waals surface area contributed by atoms with Crippen LogP contribution in [0.2, 0.25) is 0 Å². The van der Waals surface area contributed by atoms with Crippen molar-refractivity contribution in [3.8, 4) is 0 Å². The quantitative estimate of drug-likeness (QED) is 0.845. The van der Waals surface area contributed by atoms with Crippen LogP contribution < -0.4 is 5.56 Å². The minimum atomic E-state index is -0.315. The predicted molar refractivity (Wildman–Crippen MR) is 95.3 cm³/mol. The van der Waals surface area contributed by atoms with E-state index in [2.05, 4.69) is 9.88 Å². The highest BCUT2D eigenvalue weighted by molar-refractivity contribution is 5.79. The molecule has 1 saturated heterocycles. The van der Waals surface area contributed by atoms with Gasteiger partial charge in [-0.25, -0.2) is 4.98 Å². The Kier molecular flexibility index (Phi) is 5.45. The van der Waals surface area contributed by atoms with Gasteiger partial charge in [0.2, 0.25) is 5.91 Å². The number of benzene rings is 1. The normalized spacial score (nSPS) is 17.0. The molecule has 0 aliphatic carbocycles. The molecule has 7 heteroatoms. The standard InChI is InChI=1S/C18H24N4O3/c1-2-14(23)11-20-7-9-21(10-8-20)17(24)12-22-13-19-16-6-4-3-5-15(16)18(22)25/h3-6,13-14,23H,2,7-12H2,1H3/t14-/m0/s1. The number of hydrogen-bond donors (Lipinski definition) is 1. The van der Waals surface area contributed by atoms with E-state index in [-0.39, 0.29) is 24.1 Å². The average Bonchev–Trinajstić information content (AvgIpc) is 2.64. The zero-order valence-corrected chi connectivity index (χ0v) is 14.5. The summed E-state index contributed by atoms with van der Waals surface area (Å²) < 4.78 is 1.37. The number of para-hydroxylation sites is 1. The Balaban J connectivity index is 1.62. The van der Waals surface area contributed by atoms with Gasteiger partial charge in [0, 0.05) is 32.7 Å². The van der Waals surface area contributed by atoms with E-state index in [0.29, 0.717) is 30.5 Å². The third-order valence-electron chi connectivity index (χ3n) is 4.70. The fourth-order valence-corrected chi connectivity index (χ4v) is 3.07. The highest BCUT2D eigenvalue weighted by Crippen LogP contribution is 2.07. The highest BCUT2D eigenvalue weighted by atomic mass is 16.3. The van der Waals surface area contributed by atoms with Crippen molar-refractivity contribution >= 4 is 16.8 Å². The first-order valence-corrected chi connectivity index (χ1v) is 8.71. The van der Waals surface area contributed by atoms with Crippen LogP contribution in [0.15, 0.2) is 35.4 Å². The van der Waals surface area contributed by atoms with E-state index >= 15 is 0 Å². The number of amides is 1. The monoisotopic (exact) mass is 344 g/mol. The number of nitrogens with zero attached hydrogens (tertiary/aromatic N) is 4. The SMILES string of the molecule is CC[C@H](O)CN1CCN(C(=O)Cn2cnc3ccccc3c2=O)CC1. The second kappa shape index (κ2) is 7.76. The molecule has 0 unspecified atom stereocenters. The molecule has 1 atom stereocenters. The fourth-order valence-electron chi connectivity index (χ4n) is 3.07. The molecule has 1 aliphatic rings. The van der Waals surface area contributed by atoms with Gasteiger partial charge in [0.1, 0.15) is 6.54 Å². The largest absolute Gasteiger partial charge is 0.392 e. The zero-order chi connectivity index (χ0) is 17.8. The second-order valence-corrected chi connectivity index (χ2v) is 6.44. The molecule has 1 N–H and O–H groups in total. The molecule has 0 radical (unpaired) electrons. The van der Waals surface area contributed by atoms with Gasteiger partial charge in [-0.05, 0) is 18.6 Å². The molecule has 1 aromatic carbocycles. The highest BCUT2D eigenvalue weighted by Gasteiger charge is 2.22. The summed E-state index contributed by atoms with van der Waals surface area (Å²) in [4.78, 5) is 33.2. The van der Waals surface area contributed by atoms with Gasteiger partial charge in [-0.1, -0.05) is 19.1 Å². The Labute approximate surface area is 146 Å². The molecule has 1 fully saturated rings. The summed E-state index contributed by atoms with van der Waals surface area (Å²) in [6, 6.07) is 7.14. The van der Waals surface area contributed by atoms with Crippen molar-refractivity contribution in [2.75, 3.05) is 32.7 Å². The Morgan fingerprint density at radius 3 is 2.68 bits per heavy atom. The van der Waals surface area contributed by atoms with Crippen molar-refractivity contribution in [3.05, 3.63) is 40.9 Å². The van der Waals surface area contributed by atoms with Crippen LogP contribution >= 0.6 is 0 Å². The molecule has 3 rings (SSSR count). The van der Waals surface area contributed by atoms with Gasteiger partial charge < -0.3 is 10.0 Å². The van der Waals surface area contributed by atoms with Crippen molar-refractivity contribution < 1.29 is 9.90 Å². The minimum absolute atomic E-state index is 0.00819. The van der Waals surface area contributed by atoms with Gasteiger partial charge in [0.05, 0.1) is 23.3 Å². The number of hydrogen-bond acceptors (Lipinski definition) is 5. The number of β-amino-alcohol motifs (C(OH)–C–C–N with tert-alkyl or cyclic N) is 1. The molecular formula is C18H24N4O3. The number of aliphatic hydroxyl groups is 1. The van der Waals surface area contributed by atoms with Crippen LogP contribution in [0.4, 0.5) is 0 Å². The number of aliphatic hydroxyl groups excluding tert-OH is 1. The van der Waals surface area contributed by atoms with Crippen LogP contribution in [-0.2, 0) is 11.3 Å². The van der Waals surface area contributed by atoms with Crippen molar-refractivity contribution in [2.24, 2.45) is 0 Å². The van der Waals surface area contributed by atoms with E-state index in [0.717, 1.165) is 19.5 Å². The van der Waals surface area contributed by atoms with Crippen LogP contribution in [0.5, 0.6) is 0 Å². The third-order valence-corrected chi connectivity index (χ3v) is 4.70. The maximum absolute atomic E-state index is 12.5. The zero-order valence-electron chi connectivity index (χ0n) is 14.5. The van der Waals surface area contributed by atoms with E-state index in [1.54, 1.807) is 23.1 Å². The van der Waals surface area contributed by atoms with Gasteiger partial charge in [0.25, 0.3) is 5.56 Å². The Bertz CT molecular complexity index is 796. The van der Waals surface area contributed by atoms with Crippen LogP contribution in [0.25, 0.3) is 10.9 Å². The lowest BCUT2D eigenvalue weighted by Crippen LogP contribution is -2.51. The van der Waals surface area contributed by atoms with Crippen molar-refractivity contribution in [3.63, 3.8) is 0 Å². The maximum atomic E-state index is 12.5. The molecule has 25 heavy (non-hydrogen) atoms. The number of piperazine rings is 1. The van der Waals surface area contributed by atoms with E-state index in [9.17, 15) is 14.7 Å². The van der Waals surface area contributed by atoms with Crippen LogP contribution in [-0.4, -0.2) is 69.2 Å². The van der Waals surface area contributed by atoms with Crippen molar-refractivity contribution in [2.45, 2.75) is 26.0 Å². The summed E-state index contributed by atoms with van der Waals surface area (Å²) in [5.41, 5.74) is 0.447. The minimum Gasteiger partial charge on any atom is -0.392 e. The number of aromatic nitrogens is 2. The molecule has 1 amide bonds. The number of carbonyl (C=O) groups excluding carboxylic acids is 1. The lowest BCUT2D eigenvalue weighted by atomic mass is 10.2. The van der Waals surface area contributed by atoms with E-state index in [4.69, 9.17) is 0 Å². The Morgan fingerprint density at radius 1 is 1.24 bits per heavy atom. The summed E-state index contributed by atoms with van der Waals surface area (Å²) in [5.74, 6) is -0.0742. The summed E-state index contributed by atoms with van der Waals surface area (Å²) in [7, 11) is 0. The van der Waals surface area contributed by atoms with Gasteiger partial charge in [-0.3, -0.25) is 19.1 Å². The van der Waals surface area contributed by atoms with Gasteiger partial charge in [0.15, 0.2) is 0 Å². The topological polar surface area (TPSA) is 78.7 Å². The number of fused-ring (bicyclic) bond motifs is 1. The lowest BCUT2D eigenvalue weighted by Gasteiger charge is -2.35. The molecule has 0 spiro atoms. The lowest BCUT2D eigenvalue weighted by molar-refractivity contribution is -0.133. The van der Waals surface area contributed by atoms with E-state index in [1.807, 2.05) is 13.0 Å². The number of carbonyl (C=O) groups is 1. The molecule has 0 bridgehead atoms. The van der Waals surface area contributed by atoms with Gasteiger partial charge in [-0.2, -0.15) is 0 Å². The first kappa shape index (κ1) is 17.6. The molecular weight excluding hydrogens is 320 g/mol. The summed E-state index contributed by atoms with van der Waals surface area (Å²) in [6.07, 6.45) is 1.86. The molecule has 2 aromatic rings. The van der Waals surface area contributed by atoms with Crippen LogP contribution in [0, 0.1) is 0 Å². The maximum Gasteiger partial charge on any atom is 0.261 e.